The highest BCUT2D eigenvalue weighted by atomic mass is 19.1. The minimum absolute atomic E-state index is 0.0690. The second-order valence-corrected chi connectivity index (χ2v) is 8.00. The number of nitriles is 1. The summed E-state index contributed by atoms with van der Waals surface area (Å²) in [5.74, 6) is -2.20. The lowest BCUT2D eigenvalue weighted by atomic mass is 9.79. The Hall–Kier alpha value is -3.99. The van der Waals surface area contributed by atoms with Crippen molar-refractivity contribution in [3.05, 3.63) is 76.7 Å². The van der Waals surface area contributed by atoms with E-state index in [1.807, 2.05) is 19.9 Å². The highest BCUT2D eigenvalue weighted by molar-refractivity contribution is 6.05. The summed E-state index contributed by atoms with van der Waals surface area (Å²) in [6.07, 6.45) is 2.26. The summed E-state index contributed by atoms with van der Waals surface area (Å²) in [5, 5.41) is 19.6. The van der Waals surface area contributed by atoms with Gasteiger partial charge in [0.25, 0.3) is 5.91 Å². The van der Waals surface area contributed by atoms with E-state index in [-0.39, 0.29) is 23.1 Å². The molecule has 1 heterocycles. The second-order valence-electron chi connectivity index (χ2n) is 8.00. The van der Waals surface area contributed by atoms with Gasteiger partial charge in [0.1, 0.15) is 5.82 Å². The molecule has 32 heavy (non-hydrogen) atoms. The first kappa shape index (κ1) is 22.7. The molecule has 0 bridgehead atoms. The predicted octanol–water partition coefficient (Wildman–Crippen LogP) is 3.39. The van der Waals surface area contributed by atoms with Crippen LogP contribution in [0.1, 0.15) is 41.3 Å². The van der Waals surface area contributed by atoms with Gasteiger partial charge < -0.3 is 21.4 Å². The Morgan fingerprint density at radius 3 is 2.69 bits per heavy atom. The van der Waals surface area contributed by atoms with Crippen LogP contribution >= 0.6 is 0 Å². The molecule has 2 aromatic carbocycles. The molecule has 0 fully saturated rings. The number of nitrogens with zero attached hydrogens (tertiary/aromatic N) is 2. The number of hydrogen-bond acceptors (Lipinski definition) is 5. The van der Waals surface area contributed by atoms with Gasteiger partial charge in [0.05, 0.1) is 23.6 Å². The fraction of sp³-hybridized carbons (Fsp3) is 0.250. The Bertz CT molecular complexity index is 1140. The first-order valence-electron chi connectivity index (χ1n) is 10.1. The number of carbonyl (C=O) groups is 2. The van der Waals surface area contributed by atoms with Crippen molar-refractivity contribution >= 4 is 23.7 Å². The van der Waals surface area contributed by atoms with Gasteiger partial charge in [-0.25, -0.2) is 4.39 Å². The number of hydrogen-bond donors (Lipinski definition) is 3. The first-order chi connectivity index (χ1) is 15.3. The molecular weight excluding hydrogens is 409 g/mol. The van der Waals surface area contributed by atoms with Crippen molar-refractivity contribution in [3.8, 4) is 6.07 Å². The summed E-state index contributed by atoms with van der Waals surface area (Å²) >= 11 is 0. The summed E-state index contributed by atoms with van der Waals surface area (Å²) in [7, 11) is 0. The standard InChI is InChI=1S/C24H24FN5O2/c1-14(2)13-30-22(16(11-27)12-28)21(19-5-3-4-6-20(19)24(30)32)23(31)29-18-8-15(10-26)7-17(25)9-18/h3-9,11-12,14,21-22,27H,13,28H2,1-2H3,(H,29,31)/b16-12+,27-11?/t21-,22+/m1/s1. The van der Waals surface area contributed by atoms with Crippen LogP contribution in [-0.4, -0.2) is 35.5 Å². The molecule has 2 atom stereocenters. The van der Waals surface area contributed by atoms with E-state index in [0.29, 0.717) is 23.2 Å². The predicted molar refractivity (Wildman–Crippen MR) is 120 cm³/mol. The molecule has 7 nitrogen and oxygen atoms in total. The molecule has 0 unspecified atom stereocenters. The smallest absolute Gasteiger partial charge is 0.254 e. The number of halogens is 1. The van der Waals surface area contributed by atoms with Gasteiger partial charge in [-0.1, -0.05) is 32.0 Å². The van der Waals surface area contributed by atoms with Crippen LogP contribution in [-0.2, 0) is 4.79 Å². The first-order valence-corrected chi connectivity index (χ1v) is 10.1. The van der Waals surface area contributed by atoms with E-state index < -0.39 is 23.7 Å². The highest BCUT2D eigenvalue weighted by Gasteiger charge is 2.44. The average molecular weight is 433 g/mol. The summed E-state index contributed by atoms with van der Waals surface area (Å²) in [5.41, 5.74) is 7.17. The Labute approximate surface area is 185 Å². The molecular formula is C24H24FN5O2. The summed E-state index contributed by atoms with van der Waals surface area (Å²) < 4.78 is 13.9. The van der Waals surface area contributed by atoms with Crippen molar-refractivity contribution in [2.75, 3.05) is 11.9 Å². The van der Waals surface area contributed by atoms with Crippen molar-refractivity contribution in [3.63, 3.8) is 0 Å². The molecule has 0 saturated carbocycles. The maximum atomic E-state index is 13.9. The van der Waals surface area contributed by atoms with Crippen LogP contribution in [0.4, 0.5) is 10.1 Å². The molecule has 0 aliphatic carbocycles. The van der Waals surface area contributed by atoms with Crippen molar-refractivity contribution in [1.82, 2.24) is 4.90 Å². The van der Waals surface area contributed by atoms with Gasteiger partial charge >= 0.3 is 0 Å². The lowest BCUT2D eigenvalue weighted by molar-refractivity contribution is -0.118. The molecule has 0 radical (unpaired) electrons. The van der Waals surface area contributed by atoms with Crippen molar-refractivity contribution in [2.45, 2.75) is 25.8 Å². The molecule has 4 N–H and O–H groups in total. The molecule has 8 heteroatoms. The lowest BCUT2D eigenvalue weighted by Crippen LogP contribution is -2.53. The molecule has 1 aliphatic rings. The van der Waals surface area contributed by atoms with Crippen LogP contribution in [0.25, 0.3) is 0 Å². The summed E-state index contributed by atoms with van der Waals surface area (Å²) in [4.78, 5) is 28.4. The third-order valence-electron chi connectivity index (χ3n) is 5.28. The van der Waals surface area contributed by atoms with Crippen molar-refractivity contribution in [1.29, 1.82) is 10.7 Å². The van der Waals surface area contributed by atoms with Gasteiger partial charge in [0.15, 0.2) is 0 Å². The minimum Gasteiger partial charge on any atom is -0.404 e. The number of rotatable bonds is 6. The van der Waals surface area contributed by atoms with Crippen molar-refractivity contribution < 1.29 is 14.0 Å². The number of carbonyl (C=O) groups excluding carboxylic acids is 2. The monoisotopic (exact) mass is 433 g/mol. The van der Waals surface area contributed by atoms with Crippen LogP contribution in [0.3, 0.4) is 0 Å². The fourth-order valence-corrected chi connectivity index (χ4v) is 4.02. The second kappa shape index (κ2) is 9.43. The van der Waals surface area contributed by atoms with Crippen LogP contribution < -0.4 is 11.1 Å². The number of anilines is 1. The van der Waals surface area contributed by atoms with Gasteiger partial charge in [-0.2, -0.15) is 5.26 Å². The van der Waals surface area contributed by atoms with Crippen LogP contribution in [0, 0.1) is 28.5 Å². The van der Waals surface area contributed by atoms with E-state index in [2.05, 4.69) is 5.32 Å². The molecule has 0 aromatic heterocycles. The normalized spacial score (nSPS) is 18.2. The molecule has 164 valence electrons. The topological polar surface area (TPSA) is 123 Å². The van der Waals surface area contributed by atoms with E-state index in [1.165, 1.54) is 12.3 Å². The van der Waals surface area contributed by atoms with E-state index in [0.717, 1.165) is 18.3 Å². The van der Waals surface area contributed by atoms with E-state index in [9.17, 15) is 14.0 Å². The molecule has 3 rings (SSSR count). The van der Waals surface area contributed by atoms with Gasteiger partial charge in [-0.05, 0) is 35.7 Å². The number of fused-ring (bicyclic) bond motifs is 1. The van der Waals surface area contributed by atoms with Gasteiger partial charge in [0, 0.05) is 35.8 Å². The van der Waals surface area contributed by atoms with Crippen molar-refractivity contribution in [2.24, 2.45) is 11.7 Å². The Kier molecular flexibility index (Phi) is 6.69. The quantitative estimate of drug-likeness (QED) is 0.604. The Morgan fingerprint density at radius 1 is 1.34 bits per heavy atom. The third-order valence-corrected chi connectivity index (χ3v) is 5.28. The van der Waals surface area contributed by atoms with E-state index in [1.54, 1.807) is 29.2 Å². The zero-order valence-electron chi connectivity index (χ0n) is 17.8. The van der Waals surface area contributed by atoms with Crippen LogP contribution in [0.15, 0.2) is 54.2 Å². The van der Waals surface area contributed by atoms with Crippen LogP contribution in [0.5, 0.6) is 0 Å². The molecule has 1 aliphatic heterocycles. The zero-order valence-corrected chi connectivity index (χ0v) is 17.8. The fourth-order valence-electron chi connectivity index (χ4n) is 4.02. The van der Waals surface area contributed by atoms with Gasteiger partial charge in [-0.3, -0.25) is 9.59 Å². The number of amides is 2. The third kappa shape index (κ3) is 4.37. The highest BCUT2D eigenvalue weighted by Crippen LogP contribution is 2.37. The zero-order chi connectivity index (χ0) is 23.4. The van der Waals surface area contributed by atoms with E-state index in [4.69, 9.17) is 16.4 Å². The largest absolute Gasteiger partial charge is 0.404 e. The lowest BCUT2D eigenvalue weighted by Gasteiger charge is -2.42. The van der Waals surface area contributed by atoms with Gasteiger partial charge in [-0.15, -0.1) is 0 Å². The number of benzene rings is 2. The van der Waals surface area contributed by atoms with E-state index >= 15 is 0 Å². The average Bonchev–Trinajstić information content (AvgIpc) is 2.76. The SMILES string of the molecule is CC(C)CN1C(=O)c2ccccc2[C@@H](C(=O)Nc2cc(F)cc(C#N)c2)[C@@H]1/C(C=N)=C/N. The maximum absolute atomic E-state index is 13.9. The molecule has 2 aromatic rings. The molecule has 2 amide bonds. The summed E-state index contributed by atoms with van der Waals surface area (Å²) in [6.45, 7) is 4.25. The Morgan fingerprint density at radius 2 is 2.06 bits per heavy atom. The molecule has 0 saturated heterocycles. The Balaban J connectivity index is 2.14. The minimum atomic E-state index is -0.896. The molecule has 0 spiro atoms. The number of nitrogens with one attached hydrogen (secondary N) is 2. The maximum Gasteiger partial charge on any atom is 0.254 e. The van der Waals surface area contributed by atoms with Crippen LogP contribution in [0.2, 0.25) is 0 Å². The number of nitrogens with two attached hydrogens (primary N) is 1. The van der Waals surface area contributed by atoms with Gasteiger partial charge in [0.2, 0.25) is 5.91 Å². The summed E-state index contributed by atoms with van der Waals surface area (Å²) in [6, 6.07) is 11.4.